The Morgan fingerprint density at radius 1 is 1.14 bits per heavy atom. The lowest BCUT2D eigenvalue weighted by atomic mass is 9.96. The molecule has 2 N–H and O–H groups in total. The minimum atomic E-state index is -0.707. The third-order valence-electron chi connectivity index (χ3n) is 5.52. The molecule has 186 valence electrons. The Hall–Kier alpha value is -3.52. The van der Waals surface area contributed by atoms with Crippen LogP contribution in [-0.4, -0.2) is 49.4 Å². The molecule has 0 bridgehead atoms. The molecule has 8 nitrogen and oxygen atoms in total. The minimum Gasteiger partial charge on any atom is -0.481 e. The first-order valence-corrected chi connectivity index (χ1v) is 11.7. The maximum atomic E-state index is 13.8. The van der Waals surface area contributed by atoms with Crippen molar-refractivity contribution in [3.05, 3.63) is 46.1 Å². The number of benzene rings is 2. The van der Waals surface area contributed by atoms with E-state index >= 15 is 0 Å². The number of anilines is 2. The molecule has 0 fully saturated rings. The molecule has 35 heavy (non-hydrogen) atoms. The molecule has 1 amide bonds. The predicted octanol–water partition coefficient (Wildman–Crippen LogP) is 5.45. The Bertz CT molecular complexity index is 1380. The van der Waals surface area contributed by atoms with Gasteiger partial charge in [-0.1, -0.05) is 12.1 Å². The number of hydrogen-bond donors (Lipinski definition) is 2. The number of likely N-dealkylation sites (N-methyl/N-ethyl adjacent to an activating group) is 1. The molecular formula is C27H33N3O5. The number of carbonyl (C=O) groups excluding carboxylic acids is 1. The van der Waals surface area contributed by atoms with Crippen molar-refractivity contribution in [3.63, 3.8) is 0 Å². The van der Waals surface area contributed by atoms with Gasteiger partial charge in [-0.2, -0.15) is 0 Å². The van der Waals surface area contributed by atoms with Gasteiger partial charge in [-0.05, 0) is 73.0 Å². The standard InChI is InChI=1S/C27H33N3O5/c1-26(2,3)35-25(32)29-21-23-17(12-13-27(4,5)34-23)20(28-14-15-30(6)7)19-22(31)16-10-8-9-11-18(16)33-24(19)21/h8-13,28H,14-15H2,1-7H3,(H,29,32). The lowest BCUT2D eigenvalue weighted by Crippen LogP contribution is -2.31. The highest BCUT2D eigenvalue weighted by molar-refractivity contribution is 6.11. The van der Waals surface area contributed by atoms with Crippen LogP contribution in [0.3, 0.4) is 0 Å². The number of amides is 1. The fourth-order valence-corrected chi connectivity index (χ4v) is 3.98. The SMILES string of the molecule is CN(C)CCNc1c2c(c(NC(=O)OC(C)(C)C)c3oc4ccccc4c(=O)c13)OC(C)(C)C=C2. The third kappa shape index (κ3) is 5.12. The van der Waals surface area contributed by atoms with Gasteiger partial charge in [0.05, 0.1) is 16.5 Å². The number of fused-ring (bicyclic) bond motifs is 3. The van der Waals surface area contributed by atoms with Crippen LogP contribution in [0.15, 0.2) is 39.6 Å². The van der Waals surface area contributed by atoms with Gasteiger partial charge in [0.1, 0.15) is 22.5 Å². The van der Waals surface area contributed by atoms with E-state index in [1.165, 1.54) is 0 Å². The van der Waals surface area contributed by atoms with Crippen LogP contribution < -0.4 is 20.8 Å². The van der Waals surface area contributed by atoms with Gasteiger partial charge in [-0.3, -0.25) is 10.1 Å². The van der Waals surface area contributed by atoms with Crippen LogP contribution in [0, 0.1) is 0 Å². The highest BCUT2D eigenvalue weighted by atomic mass is 16.6. The van der Waals surface area contributed by atoms with E-state index in [-0.39, 0.29) is 16.7 Å². The van der Waals surface area contributed by atoms with E-state index in [0.29, 0.717) is 39.9 Å². The molecule has 4 rings (SSSR count). The molecule has 2 heterocycles. The molecule has 0 aliphatic carbocycles. The zero-order chi connectivity index (χ0) is 25.5. The van der Waals surface area contributed by atoms with E-state index in [1.807, 2.05) is 45.0 Å². The molecule has 0 spiro atoms. The maximum absolute atomic E-state index is 13.8. The monoisotopic (exact) mass is 479 g/mol. The summed E-state index contributed by atoms with van der Waals surface area (Å²) in [5, 5.41) is 7.04. The molecule has 1 aromatic heterocycles. The summed E-state index contributed by atoms with van der Waals surface area (Å²) in [5.74, 6) is 0.418. The van der Waals surface area contributed by atoms with Crippen LogP contribution in [0.2, 0.25) is 0 Å². The van der Waals surface area contributed by atoms with Crippen molar-refractivity contribution in [2.24, 2.45) is 0 Å². The first kappa shape index (κ1) is 24.6. The summed E-state index contributed by atoms with van der Waals surface area (Å²) in [5.41, 5.74) is 0.663. The van der Waals surface area contributed by atoms with Gasteiger partial charge in [-0.25, -0.2) is 4.79 Å². The summed E-state index contributed by atoms with van der Waals surface area (Å²) in [7, 11) is 3.97. The van der Waals surface area contributed by atoms with E-state index in [9.17, 15) is 9.59 Å². The molecule has 3 aromatic rings. The molecular weight excluding hydrogens is 446 g/mol. The van der Waals surface area contributed by atoms with E-state index in [2.05, 4.69) is 10.6 Å². The van der Waals surface area contributed by atoms with Gasteiger partial charge in [0.15, 0.2) is 11.3 Å². The van der Waals surface area contributed by atoms with Crippen molar-refractivity contribution in [3.8, 4) is 5.75 Å². The van der Waals surface area contributed by atoms with Crippen molar-refractivity contribution in [2.75, 3.05) is 37.8 Å². The summed E-state index contributed by atoms with van der Waals surface area (Å²) in [4.78, 5) is 28.7. The van der Waals surface area contributed by atoms with Crippen molar-refractivity contribution >= 4 is 45.5 Å². The fraction of sp³-hybridized carbons (Fsp3) is 0.407. The van der Waals surface area contributed by atoms with Crippen molar-refractivity contribution < 1.29 is 18.7 Å². The number of hydrogen-bond acceptors (Lipinski definition) is 7. The second-order valence-electron chi connectivity index (χ2n) is 10.5. The zero-order valence-corrected chi connectivity index (χ0v) is 21.4. The number of rotatable bonds is 5. The Kier molecular flexibility index (Phi) is 6.27. The summed E-state index contributed by atoms with van der Waals surface area (Å²) in [6.07, 6.45) is 3.18. The van der Waals surface area contributed by atoms with Crippen LogP contribution in [0.4, 0.5) is 16.2 Å². The van der Waals surface area contributed by atoms with Crippen LogP contribution in [0.1, 0.15) is 40.2 Å². The minimum absolute atomic E-state index is 0.192. The molecule has 0 unspecified atom stereocenters. The van der Waals surface area contributed by atoms with Gasteiger partial charge < -0.3 is 24.1 Å². The quantitative estimate of drug-likeness (QED) is 0.371. The van der Waals surface area contributed by atoms with Gasteiger partial charge in [0, 0.05) is 18.7 Å². The Labute approximate surface area is 204 Å². The molecule has 0 saturated heterocycles. The number of nitrogens with zero attached hydrogens (tertiary/aromatic N) is 1. The smallest absolute Gasteiger partial charge is 0.412 e. The van der Waals surface area contributed by atoms with E-state index in [1.54, 1.807) is 45.0 Å². The Balaban J connectivity index is 2.04. The molecule has 0 saturated carbocycles. The number of ether oxygens (including phenoxy) is 2. The fourth-order valence-electron chi connectivity index (χ4n) is 3.98. The molecule has 0 atom stereocenters. The normalized spacial score (nSPS) is 14.6. The van der Waals surface area contributed by atoms with E-state index in [4.69, 9.17) is 13.9 Å². The van der Waals surface area contributed by atoms with E-state index in [0.717, 1.165) is 6.54 Å². The lowest BCUT2D eigenvalue weighted by molar-refractivity contribution is 0.0634. The first-order chi connectivity index (χ1) is 16.4. The number of nitrogens with one attached hydrogen (secondary N) is 2. The van der Waals surface area contributed by atoms with E-state index < -0.39 is 17.3 Å². The molecule has 1 aliphatic heterocycles. The average molecular weight is 480 g/mol. The lowest BCUT2D eigenvalue weighted by Gasteiger charge is -2.31. The predicted molar refractivity (Wildman–Crippen MR) is 141 cm³/mol. The van der Waals surface area contributed by atoms with Crippen molar-refractivity contribution in [1.82, 2.24) is 4.90 Å². The highest BCUT2D eigenvalue weighted by Crippen LogP contribution is 2.47. The number of carbonyl (C=O) groups is 1. The Morgan fingerprint density at radius 2 is 1.86 bits per heavy atom. The largest absolute Gasteiger partial charge is 0.481 e. The van der Waals surface area contributed by atoms with Crippen molar-refractivity contribution in [2.45, 2.75) is 45.8 Å². The summed E-state index contributed by atoms with van der Waals surface area (Å²) < 4.78 is 18.1. The number of para-hydroxylation sites is 1. The van der Waals surface area contributed by atoms with Crippen LogP contribution in [-0.2, 0) is 4.74 Å². The molecule has 1 aliphatic rings. The maximum Gasteiger partial charge on any atom is 0.412 e. The molecule has 0 radical (unpaired) electrons. The summed E-state index contributed by atoms with van der Waals surface area (Å²) in [6.45, 7) is 10.5. The average Bonchev–Trinajstić information content (AvgIpc) is 2.73. The first-order valence-electron chi connectivity index (χ1n) is 11.7. The van der Waals surface area contributed by atoms with Gasteiger partial charge in [0.25, 0.3) is 0 Å². The molecule has 2 aromatic carbocycles. The van der Waals surface area contributed by atoms with Gasteiger partial charge in [-0.15, -0.1) is 0 Å². The molecule has 8 heteroatoms. The summed E-state index contributed by atoms with van der Waals surface area (Å²) >= 11 is 0. The van der Waals surface area contributed by atoms with Crippen LogP contribution in [0.5, 0.6) is 5.75 Å². The van der Waals surface area contributed by atoms with Crippen molar-refractivity contribution in [1.29, 1.82) is 0 Å². The summed E-state index contributed by atoms with van der Waals surface area (Å²) in [6, 6.07) is 7.07. The van der Waals surface area contributed by atoms with Crippen LogP contribution >= 0.6 is 0 Å². The topological polar surface area (TPSA) is 93.0 Å². The third-order valence-corrected chi connectivity index (χ3v) is 5.52. The van der Waals surface area contributed by atoms with Gasteiger partial charge >= 0.3 is 6.09 Å². The van der Waals surface area contributed by atoms with Crippen LogP contribution in [0.25, 0.3) is 28.0 Å². The highest BCUT2D eigenvalue weighted by Gasteiger charge is 2.32. The zero-order valence-electron chi connectivity index (χ0n) is 21.4. The second kappa shape index (κ2) is 8.92. The van der Waals surface area contributed by atoms with Gasteiger partial charge in [0.2, 0.25) is 5.43 Å². The second-order valence-corrected chi connectivity index (χ2v) is 10.5. The Morgan fingerprint density at radius 3 is 2.54 bits per heavy atom.